The van der Waals surface area contributed by atoms with Crippen molar-refractivity contribution in [1.82, 2.24) is 4.90 Å². The van der Waals surface area contributed by atoms with Crippen molar-refractivity contribution in [2.45, 2.75) is 116 Å². The van der Waals surface area contributed by atoms with Crippen LogP contribution in [0.2, 0.25) is 0 Å². The van der Waals surface area contributed by atoms with E-state index in [0.29, 0.717) is 29.8 Å². The minimum absolute atomic E-state index is 0.0538. The third-order valence-corrected chi connectivity index (χ3v) is 13.2. The monoisotopic (exact) mass is 572 g/mol. The molecule has 2 heterocycles. The van der Waals surface area contributed by atoms with Crippen molar-refractivity contribution >= 4 is 6.09 Å². The average molecular weight is 573 g/mol. The maximum absolute atomic E-state index is 13.6. The van der Waals surface area contributed by atoms with Gasteiger partial charge in [0.25, 0.3) is 0 Å². The first-order valence-corrected chi connectivity index (χ1v) is 16.6. The van der Waals surface area contributed by atoms with E-state index >= 15 is 0 Å². The Balaban J connectivity index is 1.13. The molecule has 7 heteroatoms. The smallest absolute Gasteiger partial charge is 0.410 e. The molecule has 3 saturated carbocycles. The highest BCUT2D eigenvalue weighted by atomic mass is 16.6. The second-order valence-electron chi connectivity index (χ2n) is 15.0. The minimum Gasteiger partial charge on any atom is -0.445 e. The number of piperidine rings is 1. The second kappa shape index (κ2) is 10.6. The van der Waals surface area contributed by atoms with Crippen LogP contribution in [0.5, 0.6) is 0 Å². The molecule has 7 nitrogen and oxygen atoms in total. The molecule has 6 aliphatic rings. The lowest BCUT2D eigenvalue weighted by molar-refractivity contribution is -0.0665. The van der Waals surface area contributed by atoms with Gasteiger partial charge in [-0.15, -0.1) is 0 Å². The lowest BCUT2D eigenvalue weighted by Gasteiger charge is -2.53. The first-order valence-electron chi connectivity index (χ1n) is 16.6. The van der Waals surface area contributed by atoms with E-state index < -0.39 is 0 Å². The number of benzene rings is 1. The number of azide groups is 1. The van der Waals surface area contributed by atoms with Gasteiger partial charge in [-0.3, -0.25) is 0 Å². The van der Waals surface area contributed by atoms with E-state index in [1.807, 2.05) is 35.2 Å². The van der Waals surface area contributed by atoms with Crippen molar-refractivity contribution in [3.8, 4) is 0 Å². The number of hydrogen-bond acceptors (Lipinski definition) is 4. The van der Waals surface area contributed by atoms with E-state index in [4.69, 9.17) is 15.0 Å². The van der Waals surface area contributed by atoms with Crippen molar-refractivity contribution in [1.29, 1.82) is 0 Å². The number of carbonyl (C=O) groups is 1. The molecule has 0 radical (unpaired) electrons. The number of carbonyl (C=O) groups excluding carboxylic acids is 1. The normalized spacial score (nSPS) is 44.1. The number of amides is 1. The Labute approximate surface area is 251 Å². The van der Waals surface area contributed by atoms with Crippen LogP contribution in [-0.4, -0.2) is 41.3 Å². The van der Waals surface area contributed by atoms with Crippen LogP contribution in [0, 0.1) is 40.9 Å². The number of nitrogens with zero attached hydrogens (tertiary/aromatic N) is 4. The highest BCUT2D eigenvalue weighted by Gasteiger charge is 2.63. The van der Waals surface area contributed by atoms with Crippen LogP contribution in [-0.2, 0) is 16.1 Å². The molecule has 7 rings (SSSR count). The largest absolute Gasteiger partial charge is 0.445 e. The Bertz CT molecular complexity index is 1290. The molecule has 1 amide bonds. The van der Waals surface area contributed by atoms with Gasteiger partial charge in [0.1, 0.15) is 6.61 Å². The van der Waals surface area contributed by atoms with Crippen LogP contribution in [0.1, 0.15) is 91.0 Å². The van der Waals surface area contributed by atoms with Crippen LogP contribution in [0.25, 0.3) is 10.4 Å². The van der Waals surface area contributed by atoms with Gasteiger partial charge in [-0.25, -0.2) is 4.79 Å². The molecule has 1 aromatic carbocycles. The fourth-order valence-corrected chi connectivity index (χ4v) is 11.1. The summed E-state index contributed by atoms with van der Waals surface area (Å²) in [4.78, 5) is 18.7. The summed E-state index contributed by atoms with van der Waals surface area (Å²) >= 11 is 0. The highest BCUT2D eigenvalue weighted by Crippen LogP contribution is 2.66. The molecule has 0 N–H and O–H groups in total. The first-order chi connectivity index (χ1) is 20.2. The van der Waals surface area contributed by atoms with E-state index in [9.17, 15) is 4.79 Å². The van der Waals surface area contributed by atoms with E-state index in [0.717, 1.165) is 49.6 Å². The van der Waals surface area contributed by atoms with E-state index in [-0.39, 0.29) is 35.8 Å². The van der Waals surface area contributed by atoms with Gasteiger partial charge in [-0.1, -0.05) is 61.8 Å². The summed E-state index contributed by atoms with van der Waals surface area (Å²) < 4.78 is 13.1. The summed E-state index contributed by atoms with van der Waals surface area (Å²) in [6.07, 6.45) is 10.2. The van der Waals surface area contributed by atoms with E-state index in [1.165, 1.54) is 37.7 Å². The summed E-state index contributed by atoms with van der Waals surface area (Å²) in [5.74, 6) is 3.45. The van der Waals surface area contributed by atoms with Crippen molar-refractivity contribution in [3.05, 3.63) is 57.5 Å². The van der Waals surface area contributed by atoms with Gasteiger partial charge in [0.15, 0.2) is 0 Å². The van der Waals surface area contributed by atoms with Gasteiger partial charge < -0.3 is 14.4 Å². The number of likely N-dealkylation sites (tertiary alicyclic amines) is 1. The number of rotatable bonds is 3. The number of hydrogen-bond donors (Lipinski definition) is 0. The third-order valence-electron chi connectivity index (χ3n) is 13.2. The standard InChI is InChI=1S/C35H48N4O3/c1-21-16-31-32(39(19-21)33(40)41-20-24-8-6-5-7-9-24)23(3)35(42-31)15-13-27-28-11-10-25-17-26(37-38-36)12-14-34(25,4)30(28)18-29(27)22(35)2/h5-9,21,23,25-28,30-32H,10-20H2,1-4H3/t21?,23-,25-,26-,27+,28?,30+,31-,32+,34?,35+/m1/s1. The Kier molecular flexibility index (Phi) is 7.13. The summed E-state index contributed by atoms with van der Waals surface area (Å²) in [6, 6.07) is 10.2. The highest BCUT2D eigenvalue weighted by molar-refractivity contribution is 5.68. The molecular formula is C35H48N4O3. The molecule has 11 atom stereocenters. The van der Waals surface area contributed by atoms with Crippen LogP contribution >= 0.6 is 0 Å². The van der Waals surface area contributed by atoms with Gasteiger partial charge in [0.2, 0.25) is 0 Å². The zero-order valence-electron chi connectivity index (χ0n) is 25.9. The zero-order valence-corrected chi connectivity index (χ0v) is 25.9. The van der Waals surface area contributed by atoms with Gasteiger partial charge in [-0.05, 0) is 116 Å². The molecule has 0 aromatic heterocycles. The Morgan fingerprint density at radius 3 is 2.74 bits per heavy atom. The molecule has 4 aliphatic carbocycles. The number of allylic oxidation sites excluding steroid dienone is 1. The molecule has 226 valence electrons. The van der Waals surface area contributed by atoms with Gasteiger partial charge in [0, 0.05) is 23.4 Å². The van der Waals surface area contributed by atoms with Crippen molar-refractivity contribution in [2.75, 3.05) is 6.54 Å². The lowest BCUT2D eigenvalue weighted by atomic mass is 9.52. The lowest BCUT2D eigenvalue weighted by Crippen LogP contribution is -2.54. The molecular weight excluding hydrogens is 524 g/mol. The Hall–Kier alpha value is -2.50. The molecule has 1 spiro atoms. The summed E-state index contributed by atoms with van der Waals surface area (Å²) in [5.41, 5.74) is 13.3. The molecule has 5 fully saturated rings. The quantitative estimate of drug-likeness (QED) is 0.158. The molecule has 3 unspecified atom stereocenters. The third kappa shape index (κ3) is 4.32. The topological polar surface area (TPSA) is 87.5 Å². The minimum atomic E-state index is -0.282. The SMILES string of the molecule is CC1=C2C[C@H]3C(CC[C@@H]4C[C@H](N=[N+]=[N-])CCC43C)[C@@H]2CC[C@]12O[C@@H]1CC(C)CN(C(=O)OCc3ccccc3)[C@H]1[C@H]2C. The van der Waals surface area contributed by atoms with Crippen LogP contribution in [0.4, 0.5) is 4.79 Å². The Morgan fingerprint density at radius 2 is 1.95 bits per heavy atom. The molecule has 2 saturated heterocycles. The van der Waals surface area contributed by atoms with E-state index in [2.05, 4.69) is 37.7 Å². The van der Waals surface area contributed by atoms with Gasteiger partial charge in [-0.2, -0.15) is 0 Å². The summed E-state index contributed by atoms with van der Waals surface area (Å²) in [6.45, 7) is 10.6. The maximum atomic E-state index is 13.6. The molecule has 1 aromatic rings. The van der Waals surface area contributed by atoms with Crippen molar-refractivity contribution in [3.63, 3.8) is 0 Å². The fourth-order valence-electron chi connectivity index (χ4n) is 11.1. The summed E-state index contributed by atoms with van der Waals surface area (Å²) in [7, 11) is 0. The van der Waals surface area contributed by atoms with E-state index in [1.54, 1.807) is 5.57 Å². The zero-order chi connectivity index (χ0) is 29.2. The molecule has 2 aliphatic heterocycles. The van der Waals surface area contributed by atoms with Gasteiger partial charge >= 0.3 is 6.09 Å². The van der Waals surface area contributed by atoms with Crippen molar-refractivity contribution < 1.29 is 14.3 Å². The fraction of sp³-hybridized carbons (Fsp3) is 0.743. The first kappa shape index (κ1) is 28.3. The number of fused-ring (bicyclic) bond motifs is 6. The maximum Gasteiger partial charge on any atom is 0.410 e. The molecule has 0 bridgehead atoms. The number of ether oxygens (including phenoxy) is 2. The predicted molar refractivity (Wildman–Crippen MR) is 162 cm³/mol. The van der Waals surface area contributed by atoms with Crippen LogP contribution < -0.4 is 0 Å². The Morgan fingerprint density at radius 1 is 1.14 bits per heavy atom. The average Bonchev–Trinajstić information content (AvgIpc) is 3.51. The van der Waals surface area contributed by atoms with Crippen LogP contribution in [0.3, 0.4) is 0 Å². The summed E-state index contributed by atoms with van der Waals surface area (Å²) in [5, 5.41) is 4.14. The van der Waals surface area contributed by atoms with Gasteiger partial charge in [0.05, 0.1) is 17.7 Å². The second-order valence-corrected chi connectivity index (χ2v) is 15.0. The predicted octanol–water partition coefficient (Wildman–Crippen LogP) is 8.45. The molecule has 42 heavy (non-hydrogen) atoms. The van der Waals surface area contributed by atoms with Crippen LogP contribution in [0.15, 0.2) is 46.6 Å². The van der Waals surface area contributed by atoms with Crippen molar-refractivity contribution in [2.24, 2.45) is 46.0 Å².